The van der Waals surface area contributed by atoms with E-state index in [1.165, 1.54) is 10.6 Å². The number of hydrogen-bond acceptors (Lipinski definition) is 2. The molecule has 0 radical (unpaired) electrons. The van der Waals surface area contributed by atoms with Crippen molar-refractivity contribution in [2.75, 3.05) is 5.75 Å². The summed E-state index contributed by atoms with van der Waals surface area (Å²) < 4.78 is 19.3. The molecule has 0 fully saturated rings. The van der Waals surface area contributed by atoms with Gasteiger partial charge >= 0.3 is 0 Å². The summed E-state index contributed by atoms with van der Waals surface area (Å²) >= 11 is 0. The van der Waals surface area contributed by atoms with Gasteiger partial charge in [-0.05, 0) is 42.6 Å². The summed E-state index contributed by atoms with van der Waals surface area (Å²) in [5.41, 5.74) is 0.820. The smallest absolute Gasteiger partial charge is 0.0817 e. The first-order valence-corrected chi connectivity index (χ1v) is 13.9. The largest absolute Gasteiger partial charge is 0.244 e. The Balaban J connectivity index is 1.94. The fourth-order valence-electron chi connectivity index (χ4n) is 3.74. The van der Waals surface area contributed by atoms with Crippen LogP contribution < -0.4 is 15.9 Å². The minimum Gasteiger partial charge on any atom is -0.244 e. The quantitative estimate of drug-likeness (QED) is 0.301. The highest BCUT2D eigenvalue weighted by Crippen LogP contribution is 2.37. The van der Waals surface area contributed by atoms with E-state index >= 15 is 0 Å². The van der Waals surface area contributed by atoms with Crippen molar-refractivity contribution in [3.05, 3.63) is 115 Å². The fourth-order valence-corrected chi connectivity index (χ4v) is 8.53. The van der Waals surface area contributed by atoms with Crippen LogP contribution in [0.2, 0.25) is 0 Å². The van der Waals surface area contributed by atoms with Crippen LogP contribution in [0.5, 0.6) is 0 Å². The van der Waals surface area contributed by atoms with Crippen LogP contribution in [0.25, 0.3) is 0 Å². The second-order valence-electron chi connectivity index (χ2n) is 8.10. The summed E-state index contributed by atoms with van der Waals surface area (Å²) in [7, 11) is -3.43. The molecule has 4 heteroatoms. The van der Waals surface area contributed by atoms with E-state index in [-0.39, 0.29) is 5.92 Å². The van der Waals surface area contributed by atoms with Gasteiger partial charge in [0.15, 0.2) is 0 Å². The molecule has 0 heterocycles. The van der Waals surface area contributed by atoms with Crippen LogP contribution in [0, 0.1) is 5.92 Å². The molecule has 4 aromatic carbocycles. The average molecular weight is 458 g/mol. The molecule has 0 aromatic heterocycles. The van der Waals surface area contributed by atoms with Gasteiger partial charge in [0.05, 0.1) is 15.4 Å². The van der Waals surface area contributed by atoms with Crippen molar-refractivity contribution in [3.63, 3.8) is 0 Å². The van der Waals surface area contributed by atoms with Crippen LogP contribution in [-0.2, 0) is 9.73 Å². The maximum Gasteiger partial charge on any atom is 0.0817 e. The summed E-state index contributed by atoms with van der Waals surface area (Å²) in [6.45, 7) is 4.20. The lowest BCUT2D eigenvalue weighted by Crippen LogP contribution is -2.21. The molecule has 1 atom stereocenters. The average Bonchev–Trinajstić information content (AvgIpc) is 2.82. The van der Waals surface area contributed by atoms with Gasteiger partial charge in [0.1, 0.15) is 0 Å². The van der Waals surface area contributed by atoms with Crippen LogP contribution in [0.4, 0.5) is 5.69 Å². The highest BCUT2D eigenvalue weighted by Gasteiger charge is 2.21. The Morgan fingerprint density at radius 2 is 1.16 bits per heavy atom. The second kappa shape index (κ2) is 10.3. The van der Waals surface area contributed by atoms with Crippen LogP contribution in [0.1, 0.15) is 13.8 Å². The predicted octanol–water partition coefficient (Wildman–Crippen LogP) is 6.26. The van der Waals surface area contributed by atoms with Gasteiger partial charge in [-0.15, -0.1) is 0 Å². The number of rotatable bonds is 7. The molecular weight excluding hydrogens is 429 g/mol. The first-order valence-electron chi connectivity index (χ1n) is 10.9. The van der Waals surface area contributed by atoms with Crippen molar-refractivity contribution >= 4 is 39.3 Å². The van der Waals surface area contributed by atoms with E-state index in [0.717, 1.165) is 15.9 Å². The maximum absolute atomic E-state index is 14.3. The van der Waals surface area contributed by atoms with E-state index in [1.54, 1.807) is 0 Å². The molecule has 1 unspecified atom stereocenters. The van der Waals surface area contributed by atoms with Crippen molar-refractivity contribution in [3.8, 4) is 0 Å². The van der Waals surface area contributed by atoms with Crippen LogP contribution in [0.15, 0.2) is 125 Å². The van der Waals surface area contributed by atoms with Crippen molar-refractivity contribution in [2.24, 2.45) is 10.3 Å². The Morgan fingerprint density at radius 1 is 0.688 bits per heavy atom. The minimum atomic E-state index is -2.61. The Labute approximate surface area is 193 Å². The lowest BCUT2D eigenvalue weighted by atomic mass is 10.3. The summed E-state index contributed by atoms with van der Waals surface area (Å²) in [4.78, 5) is 0.798. The van der Waals surface area contributed by atoms with Gasteiger partial charge in [0.2, 0.25) is 0 Å². The van der Waals surface area contributed by atoms with E-state index in [9.17, 15) is 4.21 Å². The predicted molar refractivity (Wildman–Crippen MR) is 140 cm³/mol. The van der Waals surface area contributed by atoms with Crippen LogP contribution in [-0.4, -0.2) is 9.96 Å². The molecule has 162 valence electrons. The number of nitrogens with zero attached hydrogens (tertiary/aromatic N) is 1. The van der Waals surface area contributed by atoms with Gasteiger partial charge in [-0.3, -0.25) is 0 Å². The molecule has 2 nitrogen and oxygen atoms in total. The van der Waals surface area contributed by atoms with E-state index in [2.05, 4.69) is 74.5 Å². The van der Waals surface area contributed by atoms with Crippen molar-refractivity contribution in [1.29, 1.82) is 0 Å². The van der Waals surface area contributed by atoms with Crippen molar-refractivity contribution in [1.82, 2.24) is 0 Å². The van der Waals surface area contributed by atoms with E-state index in [0.29, 0.717) is 5.75 Å². The van der Waals surface area contributed by atoms with Gasteiger partial charge in [-0.2, -0.15) is 4.36 Å². The highest BCUT2D eigenvalue weighted by atomic mass is 32.2. The maximum atomic E-state index is 14.3. The number of hydrogen-bond donors (Lipinski definition) is 0. The van der Waals surface area contributed by atoms with Gasteiger partial charge < -0.3 is 0 Å². The molecule has 0 N–H and O–H groups in total. The molecule has 4 aromatic rings. The summed E-state index contributed by atoms with van der Waals surface area (Å²) in [6, 6.07) is 39.1. The molecule has 0 saturated heterocycles. The SMILES string of the molecule is CC(C)CS(=O)(=Nc1ccccc1P(c1ccccc1)c1ccccc1)c1ccccc1. The normalized spacial score (nSPS) is 13.1. The first-order chi connectivity index (χ1) is 15.6. The second-order valence-corrected chi connectivity index (χ2v) is 12.6. The van der Waals surface area contributed by atoms with Crippen LogP contribution in [0.3, 0.4) is 0 Å². The Bertz CT molecular complexity index is 1230. The molecular formula is C28H28NOPS. The lowest BCUT2D eigenvalue weighted by Gasteiger charge is -2.21. The Hall–Kier alpha value is -2.74. The first kappa shape index (κ1) is 22.5. The van der Waals surface area contributed by atoms with E-state index < -0.39 is 17.7 Å². The molecule has 32 heavy (non-hydrogen) atoms. The highest BCUT2D eigenvalue weighted by molar-refractivity contribution is 7.93. The zero-order valence-electron chi connectivity index (χ0n) is 18.5. The Morgan fingerprint density at radius 3 is 1.69 bits per heavy atom. The minimum absolute atomic E-state index is 0.267. The van der Waals surface area contributed by atoms with Crippen molar-refractivity contribution < 1.29 is 4.21 Å². The molecule has 0 aliphatic heterocycles. The third-order valence-electron chi connectivity index (χ3n) is 5.07. The number of benzene rings is 4. The Kier molecular flexibility index (Phi) is 7.19. The van der Waals surface area contributed by atoms with Gasteiger partial charge in [-0.25, -0.2) is 4.21 Å². The molecule has 4 rings (SSSR count). The molecule has 0 bridgehead atoms. The third-order valence-corrected chi connectivity index (χ3v) is 10.2. The third kappa shape index (κ3) is 5.18. The standard InChI is InChI=1S/C28H28NOPS/c1-23(2)22-32(30,26-18-10-5-11-19-26)29-27-20-12-13-21-28(27)31(24-14-6-3-7-15-24)25-16-8-4-9-17-25/h3-21,23H,22H2,1-2H3. The zero-order valence-corrected chi connectivity index (χ0v) is 20.2. The molecule has 0 saturated carbocycles. The van der Waals surface area contributed by atoms with Gasteiger partial charge in [-0.1, -0.05) is 111 Å². The summed E-state index contributed by atoms with van der Waals surface area (Å²) in [5.74, 6) is 0.795. The molecule has 0 aliphatic rings. The van der Waals surface area contributed by atoms with E-state index in [1.807, 2.05) is 54.6 Å². The van der Waals surface area contributed by atoms with Crippen molar-refractivity contribution in [2.45, 2.75) is 18.7 Å². The monoisotopic (exact) mass is 457 g/mol. The summed E-state index contributed by atoms with van der Waals surface area (Å²) in [6.07, 6.45) is 0. The summed E-state index contributed by atoms with van der Waals surface area (Å²) in [5, 5.41) is 3.64. The zero-order chi connectivity index (χ0) is 22.4. The molecule has 0 amide bonds. The fraction of sp³-hybridized carbons (Fsp3) is 0.143. The van der Waals surface area contributed by atoms with E-state index in [4.69, 9.17) is 4.36 Å². The topological polar surface area (TPSA) is 29.4 Å². The molecule has 0 spiro atoms. The van der Waals surface area contributed by atoms with Gasteiger partial charge in [0.25, 0.3) is 0 Å². The van der Waals surface area contributed by atoms with Gasteiger partial charge in [0, 0.05) is 16.0 Å². The lowest BCUT2D eigenvalue weighted by molar-refractivity contribution is 0.658. The molecule has 0 aliphatic carbocycles. The van der Waals surface area contributed by atoms with Crippen LogP contribution >= 0.6 is 7.92 Å².